The van der Waals surface area contributed by atoms with Crippen LogP contribution in [0.1, 0.15) is 41.6 Å². The van der Waals surface area contributed by atoms with E-state index >= 15 is 0 Å². The maximum absolute atomic E-state index is 12.4. The first-order chi connectivity index (χ1) is 14.4. The first kappa shape index (κ1) is 22.3. The molecule has 1 fully saturated rings. The maximum Gasteiger partial charge on any atom is 0.251 e. The van der Waals surface area contributed by atoms with Gasteiger partial charge in [-0.05, 0) is 68.7 Å². The summed E-state index contributed by atoms with van der Waals surface area (Å²) < 4.78 is 26.0. The number of piperidine rings is 1. The molecule has 0 aliphatic carbocycles. The first-order valence-electron chi connectivity index (χ1n) is 10.6. The first-order valence-corrected chi connectivity index (χ1v) is 12.4. The fourth-order valence-electron chi connectivity index (χ4n) is 3.72. The van der Waals surface area contributed by atoms with Gasteiger partial charge in [0, 0.05) is 12.1 Å². The molecule has 3 rings (SSSR count). The second-order valence-corrected chi connectivity index (χ2v) is 9.72. The Bertz CT molecular complexity index is 908. The van der Waals surface area contributed by atoms with Crippen molar-refractivity contribution in [3.05, 3.63) is 65.7 Å². The van der Waals surface area contributed by atoms with E-state index in [4.69, 9.17) is 0 Å². The Kier molecular flexibility index (Phi) is 7.87. The van der Waals surface area contributed by atoms with Crippen LogP contribution in [0.15, 0.2) is 54.6 Å². The number of sulfonamides is 1. The number of carbonyl (C=O) groups is 1. The zero-order valence-electron chi connectivity index (χ0n) is 17.6. The highest BCUT2D eigenvalue weighted by atomic mass is 32.2. The highest BCUT2D eigenvalue weighted by Gasteiger charge is 2.18. The van der Waals surface area contributed by atoms with Crippen LogP contribution in [0.4, 0.5) is 5.69 Å². The lowest BCUT2D eigenvalue weighted by Gasteiger charge is -2.26. The lowest BCUT2D eigenvalue weighted by molar-refractivity contribution is 0.0951. The van der Waals surface area contributed by atoms with Crippen molar-refractivity contribution in [2.75, 3.05) is 36.7 Å². The molecule has 0 aromatic heterocycles. The van der Waals surface area contributed by atoms with Crippen molar-refractivity contribution >= 4 is 21.6 Å². The summed E-state index contributed by atoms with van der Waals surface area (Å²) in [6, 6.07) is 16.2. The molecule has 0 saturated carbocycles. The second kappa shape index (κ2) is 10.6. The molecule has 2 aromatic rings. The minimum atomic E-state index is -3.45. The zero-order chi connectivity index (χ0) is 21.4. The molecule has 1 aliphatic heterocycles. The summed E-state index contributed by atoms with van der Waals surface area (Å²) in [6.07, 6.45) is 5.99. The smallest absolute Gasteiger partial charge is 0.251 e. The van der Waals surface area contributed by atoms with E-state index in [1.165, 1.54) is 29.8 Å². The van der Waals surface area contributed by atoms with Crippen LogP contribution < -0.4 is 9.62 Å². The standard InChI is InChI=1S/C23H31N3O3S/c1-30(28,29)26(19-20-9-4-2-5-10-20)22-13-11-21(12-14-22)23(27)24-15-8-18-25-16-6-3-7-17-25/h2,4-5,9-14H,3,6-8,15-19H2,1H3,(H,24,27). The largest absolute Gasteiger partial charge is 0.352 e. The normalized spacial score (nSPS) is 15.0. The number of benzene rings is 2. The van der Waals surface area contributed by atoms with E-state index in [9.17, 15) is 13.2 Å². The average Bonchev–Trinajstić information content (AvgIpc) is 2.76. The molecule has 30 heavy (non-hydrogen) atoms. The lowest BCUT2D eigenvalue weighted by Crippen LogP contribution is -2.33. The summed E-state index contributed by atoms with van der Waals surface area (Å²) in [6.45, 7) is 4.23. The van der Waals surface area contributed by atoms with Crippen LogP contribution in [-0.4, -0.2) is 51.7 Å². The number of hydrogen-bond donors (Lipinski definition) is 1. The minimum Gasteiger partial charge on any atom is -0.352 e. The summed E-state index contributed by atoms with van der Waals surface area (Å²) >= 11 is 0. The van der Waals surface area contributed by atoms with Crippen LogP contribution in [0.5, 0.6) is 0 Å². The van der Waals surface area contributed by atoms with Gasteiger partial charge in [-0.3, -0.25) is 9.10 Å². The molecule has 2 aromatic carbocycles. The third-order valence-corrected chi connectivity index (χ3v) is 6.51. The monoisotopic (exact) mass is 429 g/mol. The number of anilines is 1. The van der Waals surface area contributed by atoms with E-state index in [0.717, 1.165) is 31.6 Å². The fourth-order valence-corrected chi connectivity index (χ4v) is 4.61. The average molecular weight is 430 g/mol. The number of nitrogens with zero attached hydrogens (tertiary/aromatic N) is 2. The highest BCUT2D eigenvalue weighted by molar-refractivity contribution is 7.92. The molecular weight excluding hydrogens is 398 g/mol. The number of amides is 1. The van der Waals surface area contributed by atoms with Gasteiger partial charge in [0.05, 0.1) is 18.5 Å². The summed E-state index contributed by atoms with van der Waals surface area (Å²) in [5.74, 6) is -0.130. The van der Waals surface area contributed by atoms with Gasteiger partial charge < -0.3 is 10.2 Å². The molecule has 0 spiro atoms. The second-order valence-electron chi connectivity index (χ2n) is 7.81. The summed E-state index contributed by atoms with van der Waals surface area (Å²) in [5.41, 5.74) is 1.98. The number of nitrogens with one attached hydrogen (secondary N) is 1. The van der Waals surface area contributed by atoms with Crippen LogP contribution in [0.3, 0.4) is 0 Å². The minimum absolute atomic E-state index is 0.130. The topological polar surface area (TPSA) is 69.7 Å². The van der Waals surface area contributed by atoms with Crippen molar-refractivity contribution in [3.63, 3.8) is 0 Å². The molecule has 0 bridgehead atoms. The molecule has 162 valence electrons. The number of rotatable bonds is 9. The lowest BCUT2D eigenvalue weighted by atomic mass is 10.1. The van der Waals surface area contributed by atoms with Gasteiger partial charge in [-0.1, -0.05) is 36.8 Å². The molecule has 0 radical (unpaired) electrons. The third kappa shape index (κ3) is 6.57. The molecule has 6 nitrogen and oxygen atoms in total. The predicted octanol–water partition coefficient (Wildman–Crippen LogP) is 3.26. The van der Waals surface area contributed by atoms with Crippen LogP contribution in [0, 0.1) is 0 Å². The van der Waals surface area contributed by atoms with Gasteiger partial charge in [0.15, 0.2) is 0 Å². The Morgan fingerprint density at radius 1 is 1.00 bits per heavy atom. The molecule has 7 heteroatoms. The third-order valence-electron chi connectivity index (χ3n) is 5.37. The SMILES string of the molecule is CS(=O)(=O)N(Cc1ccccc1)c1ccc(C(=O)NCCCN2CCCCC2)cc1. The Hall–Kier alpha value is -2.38. The van der Waals surface area contributed by atoms with Crippen molar-refractivity contribution in [1.29, 1.82) is 0 Å². The van der Waals surface area contributed by atoms with E-state index in [1.807, 2.05) is 30.3 Å². The van der Waals surface area contributed by atoms with Gasteiger partial charge >= 0.3 is 0 Å². The Morgan fingerprint density at radius 2 is 1.67 bits per heavy atom. The Balaban J connectivity index is 1.56. The maximum atomic E-state index is 12.4. The van der Waals surface area contributed by atoms with Gasteiger partial charge in [-0.25, -0.2) is 8.42 Å². The molecule has 0 unspecified atom stereocenters. The molecule has 0 atom stereocenters. The van der Waals surface area contributed by atoms with E-state index in [-0.39, 0.29) is 12.5 Å². The van der Waals surface area contributed by atoms with E-state index < -0.39 is 10.0 Å². The van der Waals surface area contributed by atoms with Crippen molar-refractivity contribution in [2.45, 2.75) is 32.2 Å². The van der Waals surface area contributed by atoms with Crippen molar-refractivity contribution in [3.8, 4) is 0 Å². The van der Waals surface area contributed by atoms with E-state index in [0.29, 0.717) is 17.8 Å². The number of likely N-dealkylation sites (tertiary alicyclic amines) is 1. The zero-order valence-corrected chi connectivity index (χ0v) is 18.4. The van der Waals surface area contributed by atoms with Crippen molar-refractivity contribution < 1.29 is 13.2 Å². The van der Waals surface area contributed by atoms with E-state index in [1.54, 1.807) is 24.3 Å². The van der Waals surface area contributed by atoms with E-state index in [2.05, 4.69) is 10.2 Å². The molecule has 1 aliphatic rings. The molecule has 1 saturated heterocycles. The summed E-state index contributed by atoms with van der Waals surface area (Å²) in [7, 11) is -3.45. The molecule has 1 heterocycles. The number of carbonyl (C=O) groups excluding carboxylic acids is 1. The quantitative estimate of drug-likeness (QED) is 0.621. The summed E-state index contributed by atoms with van der Waals surface area (Å²) in [5, 5.41) is 2.96. The Labute approximate surface area is 179 Å². The molecule has 1 N–H and O–H groups in total. The van der Waals surface area contributed by atoms with Gasteiger partial charge in [-0.2, -0.15) is 0 Å². The van der Waals surface area contributed by atoms with Crippen LogP contribution in [0.2, 0.25) is 0 Å². The fraction of sp³-hybridized carbons (Fsp3) is 0.435. The van der Waals surface area contributed by atoms with Gasteiger partial charge in [0.2, 0.25) is 10.0 Å². The Morgan fingerprint density at radius 3 is 2.30 bits per heavy atom. The van der Waals surface area contributed by atoms with Crippen molar-refractivity contribution in [1.82, 2.24) is 10.2 Å². The highest BCUT2D eigenvalue weighted by Crippen LogP contribution is 2.21. The van der Waals surface area contributed by atoms with Crippen LogP contribution in [0.25, 0.3) is 0 Å². The number of hydrogen-bond acceptors (Lipinski definition) is 4. The van der Waals surface area contributed by atoms with Crippen LogP contribution >= 0.6 is 0 Å². The molecule has 1 amide bonds. The van der Waals surface area contributed by atoms with Crippen LogP contribution in [-0.2, 0) is 16.6 Å². The van der Waals surface area contributed by atoms with Gasteiger partial charge in [-0.15, -0.1) is 0 Å². The van der Waals surface area contributed by atoms with Gasteiger partial charge in [0.25, 0.3) is 5.91 Å². The van der Waals surface area contributed by atoms with Crippen molar-refractivity contribution in [2.24, 2.45) is 0 Å². The molecular formula is C23H31N3O3S. The predicted molar refractivity (Wildman–Crippen MR) is 121 cm³/mol. The summed E-state index contributed by atoms with van der Waals surface area (Å²) in [4.78, 5) is 14.9. The van der Waals surface area contributed by atoms with Gasteiger partial charge in [0.1, 0.15) is 0 Å².